The third kappa shape index (κ3) is 0.900. The van der Waals surface area contributed by atoms with Gasteiger partial charge in [-0.05, 0) is 19.1 Å². The summed E-state index contributed by atoms with van der Waals surface area (Å²) in [5.74, 6) is -0.994. The van der Waals surface area contributed by atoms with Crippen LogP contribution in [0.15, 0.2) is 12.1 Å². The van der Waals surface area contributed by atoms with Gasteiger partial charge >= 0.3 is 0 Å². The second kappa shape index (κ2) is 2.17. The fraction of sp³-hybridized carbons (Fsp3) is 0.143. The van der Waals surface area contributed by atoms with Crippen LogP contribution in [0.2, 0.25) is 0 Å². The van der Waals surface area contributed by atoms with Gasteiger partial charge in [0.05, 0.1) is 0 Å². The molecule has 0 bridgehead atoms. The van der Waals surface area contributed by atoms with Crippen molar-refractivity contribution in [2.24, 2.45) is 0 Å². The van der Waals surface area contributed by atoms with Crippen molar-refractivity contribution in [3.8, 4) is 5.75 Å². The van der Waals surface area contributed by atoms with Gasteiger partial charge in [0.15, 0.2) is 11.6 Å². The molecule has 54 valence electrons. The van der Waals surface area contributed by atoms with Gasteiger partial charge in [0.25, 0.3) is 0 Å². The van der Waals surface area contributed by atoms with E-state index >= 15 is 0 Å². The molecule has 0 aromatic heterocycles. The smallest absolute Gasteiger partial charge is 0.165 e. The number of phenols is 1. The summed E-state index contributed by atoms with van der Waals surface area (Å²) in [5, 5.41) is 8.93. The zero-order chi connectivity index (χ0) is 7.72. The highest BCUT2D eigenvalue weighted by molar-refractivity contribution is 5.53. The average molecular weight is 141 g/mol. The molecule has 0 spiro atoms. The van der Waals surface area contributed by atoms with E-state index in [1.165, 1.54) is 6.07 Å². The van der Waals surface area contributed by atoms with Crippen LogP contribution >= 0.6 is 0 Å². The first-order valence-electron chi connectivity index (χ1n) is 2.86. The van der Waals surface area contributed by atoms with Crippen LogP contribution in [0.5, 0.6) is 5.75 Å². The predicted molar refractivity (Wildman–Crippen MR) is 37.2 cm³/mol. The van der Waals surface area contributed by atoms with Crippen molar-refractivity contribution in [3.63, 3.8) is 0 Å². The number of benzene rings is 1. The first kappa shape index (κ1) is 6.86. The molecule has 2 nitrogen and oxygen atoms in total. The predicted octanol–water partition coefficient (Wildman–Crippen LogP) is 1.42. The number of aromatic hydroxyl groups is 1. The molecule has 3 heteroatoms. The SMILES string of the molecule is Cc1c(N)ccc(F)c1O. The minimum atomic E-state index is -0.633. The van der Waals surface area contributed by atoms with Crippen molar-refractivity contribution in [3.05, 3.63) is 23.5 Å². The number of halogens is 1. The highest BCUT2D eigenvalue weighted by Gasteiger charge is 2.04. The Balaban J connectivity index is 3.34. The lowest BCUT2D eigenvalue weighted by Gasteiger charge is -2.01. The maximum absolute atomic E-state index is 12.5. The number of rotatable bonds is 0. The van der Waals surface area contributed by atoms with Crippen LogP contribution < -0.4 is 5.73 Å². The van der Waals surface area contributed by atoms with Crippen molar-refractivity contribution in [1.82, 2.24) is 0 Å². The summed E-state index contributed by atoms with van der Waals surface area (Å²) in [4.78, 5) is 0. The zero-order valence-electron chi connectivity index (χ0n) is 5.56. The maximum atomic E-state index is 12.5. The molecule has 0 radical (unpaired) electrons. The van der Waals surface area contributed by atoms with Gasteiger partial charge in [-0.1, -0.05) is 0 Å². The molecular formula is C7H8FNO. The molecule has 1 aromatic rings. The Bertz CT molecular complexity index is 233. The Morgan fingerprint density at radius 3 is 2.60 bits per heavy atom. The van der Waals surface area contributed by atoms with Gasteiger partial charge in [0, 0.05) is 11.3 Å². The Morgan fingerprint density at radius 2 is 2.10 bits per heavy atom. The van der Waals surface area contributed by atoms with Crippen LogP contribution in [0.3, 0.4) is 0 Å². The number of hydrogen-bond acceptors (Lipinski definition) is 2. The minimum absolute atomic E-state index is 0.361. The molecule has 10 heavy (non-hydrogen) atoms. The quantitative estimate of drug-likeness (QED) is 0.537. The maximum Gasteiger partial charge on any atom is 0.165 e. The van der Waals surface area contributed by atoms with E-state index in [9.17, 15) is 4.39 Å². The van der Waals surface area contributed by atoms with E-state index in [0.29, 0.717) is 11.3 Å². The lowest BCUT2D eigenvalue weighted by atomic mass is 10.2. The summed E-state index contributed by atoms with van der Waals surface area (Å²) < 4.78 is 12.5. The van der Waals surface area contributed by atoms with Gasteiger partial charge in [-0.25, -0.2) is 4.39 Å². The van der Waals surface area contributed by atoms with Gasteiger partial charge in [-0.2, -0.15) is 0 Å². The number of hydrogen-bond donors (Lipinski definition) is 2. The summed E-state index contributed by atoms with van der Waals surface area (Å²) in [6.45, 7) is 1.56. The molecule has 1 aromatic carbocycles. The van der Waals surface area contributed by atoms with Gasteiger partial charge in [-0.3, -0.25) is 0 Å². The third-order valence-corrected chi connectivity index (χ3v) is 1.42. The number of phenolic OH excluding ortho intramolecular Hbond substituents is 1. The fourth-order valence-corrected chi connectivity index (χ4v) is 0.683. The Kier molecular flexibility index (Phi) is 1.49. The molecule has 0 saturated heterocycles. The summed E-state index contributed by atoms with van der Waals surface area (Å²) in [6, 6.07) is 2.56. The molecule has 0 atom stereocenters. The van der Waals surface area contributed by atoms with Gasteiger partial charge in [-0.15, -0.1) is 0 Å². The molecule has 0 amide bonds. The zero-order valence-corrected chi connectivity index (χ0v) is 5.56. The van der Waals surface area contributed by atoms with E-state index in [2.05, 4.69) is 0 Å². The van der Waals surface area contributed by atoms with E-state index in [-0.39, 0.29) is 5.75 Å². The Morgan fingerprint density at radius 1 is 1.50 bits per heavy atom. The lowest BCUT2D eigenvalue weighted by molar-refractivity contribution is 0.429. The van der Waals surface area contributed by atoms with E-state index in [1.54, 1.807) is 6.92 Å². The van der Waals surface area contributed by atoms with Crippen molar-refractivity contribution < 1.29 is 9.50 Å². The number of nitrogen functional groups attached to an aromatic ring is 1. The van der Waals surface area contributed by atoms with Gasteiger partial charge in [0.2, 0.25) is 0 Å². The monoisotopic (exact) mass is 141 g/mol. The second-order valence-corrected chi connectivity index (χ2v) is 2.11. The largest absolute Gasteiger partial charge is 0.505 e. The minimum Gasteiger partial charge on any atom is -0.505 e. The molecule has 0 fully saturated rings. The average Bonchev–Trinajstić information content (AvgIpc) is 1.93. The summed E-state index contributed by atoms with van der Waals surface area (Å²) in [5.41, 5.74) is 6.15. The highest BCUT2D eigenvalue weighted by atomic mass is 19.1. The number of nitrogens with two attached hydrogens (primary N) is 1. The molecule has 0 saturated carbocycles. The van der Waals surface area contributed by atoms with Crippen LogP contribution in [-0.4, -0.2) is 5.11 Å². The first-order chi connectivity index (χ1) is 4.63. The summed E-state index contributed by atoms with van der Waals surface area (Å²) >= 11 is 0. The molecule has 1 rings (SSSR count). The summed E-state index contributed by atoms with van der Waals surface area (Å²) in [6.07, 6.45) is 0. The summed E-state index contributed by atoms with van der Waals surface area (Å²) in [7, 11) is 0. The first-order valence-corrected chi connectivity index (χ1v) is 2.86. The van der Waals surface area contributed by atoms with Crippen LogP contribution in [-0.2, 0) is 0 Å². The van der Waals surface area contributed by atoms with Crippen molar-refractivity contribution in [1.29, 1.82) is 0 Å². The van der Waals surface area contributed by atoms with E-state index in [1.807, 2.05) is 0 Å². The van der Waals surface area contributed by atoms with Gasteiger partial charge < -0.3 is 10.8 Å². The standard InChI is InChI=1S/C7H8FNO/c1-4-6(9)3-2-5(8)7(4)10/h2-3,10H,9H2,1H3. The fourth-order valence-electron chi connectivity index (χ4n) is 0.683. The van der Waals surface area contributed by atoms with Crippen LogP contribution in [0, 0.1) is 12.7 Å². The van der Waals surface area contributed by atoms with Gasteiger partial charge in [0.1, 0.15) is 0 Å². The Hall–Kier alpha value is -1.25. The molecule has 0 unspecified atom stereocenters. The lowest BCUT2D eigenvalue weighted by Crippen LogP contribution is -1.90. The Labute approximate surface area is 58.1 Å². The van der Waals surface area contributed by atoms with E-state index < -0.39 is 5.82 Å². The topological polar surface area (TPSA) is 46.2 Å². The van der Waals surface area contributed by atoms with Crippen LogP contribution in [0.4, 0.5) is 10.1 Å². The molecule has 0 aliphatic rings. The van der Waals surface area contributed by atoms with Crippen molar-refractivity contribution >= 4 is 5.69 Å². The highest BCUT2D eigenvalue weighted by Crippen LogP contribution is 2.24. The van der Waals surface area contributed by atoms with Crippen LogP contribution in [0.25, 0.3) is 0 Å². The van der Waals surface area contributed by atoms with E-state index in [4.69, 9.17) is 10.8 Å². The normalized spacial score (nSPS) is 9.80. The van der Waals surface area contributed by atoms with Crippen molar-refractivity contribution in [2.75, 3.05) is 5.73 Å². The molecule has 3 N–H and O–H groups in total. The second-order valence-electron chi connectivity index (χ2n) is 2.11. The third-order valence-electron chi connectivity index (χ3n) is 1.42. The van der Waals surface area contributed by atoms with Crippen LogP contribution in [0.1, 0.15) is 5.56 Å². The molecule has 0 aliphatic carbocycles. The number of anilines is 1. The molecule has 0 aliphatic heterocycles. The molecular weight excluding hydrogens is 133 g/mol. The molecule has 0 heterocycles. The van der Waals surface area contributed by atoms with Crippen molar-refractivity contribution in [2.45, 2.75) is 6.92 Å². The van der Waals surface area contributed by atoms with E-state index in [0.717, 1.165) is 6.07 Å².